The lowest BCUT2D eigenvalue weighted by Gasteiger charge is -2.05. The van der Waals surface area contributed by atoms with Gasteiger partial charge in [-0.3, -0.25) is 10.2 Å². The van der Waals surface area contributed by atoms with Gasteiger partial charge in [0.15, 0.2) is 5.78 Å². The van der Waals surface area contributed by atoms with Crippen LogP contribution in [0.15, 0.2) is 77.3 Å². The maximum absolute atomic E-state index is 13.0. The third-order valence-corrected chi connectivity index (χ3v) is 6.82. The molecule has 4 aromatic rings. The molecule has 1 N–H and O–H groups in total. The molecule has 0 aliphatic carbocycles. The van der Waals surface area contributed by atoms with Crippen LogP contribution in [-0.4, -0.2) is 20.4 Å². The van der Waals surface area contributed by atoms with E-state index in [0.717, 1.165) is 23.0 Å². The largest absolute Gasteiger partial charge is 0.342 e. The van der Waals surface area contributed by atoms with Crippen LogP contribution in [0.3, 0.4) is 0 Å². The second kappa shape index (κ2) is 7.46. The second-order valence-electron chi connectivity index (χ2n) is 6.86. The van der Waals surface area contributed by atoms with Crippen LogP contribution in [0.5, 0.6) is 0 Å². The van der Waals surface area contributed by atoms with E-state index in [1.54, 1.807) is 6.20 Å². The number of hydrogen-bond acceptors (Lipinski definition) is 5. The molecule has 3 heterocycles. The number of Topliss-reactive ketones (excluding diaryl/α,β-unsaturated/α-hetero) is 1. The van der Waals surface area contributed by atoms with Crippen molar-refractivity contribution in [1.29, 1.82) is 5.41 Å². The molecule has 6 heteroatoms. The highest BCUT2D eigenvalue weighted by Gasteiger charge is 2.38. The molecule has 0 radical (unpaired) electrons. The predicted octanol–water partition coefficient (Wildman–Crippen LogP) is 5.56. The summed E-state index contributed by atoms with van der Waals surface area (Å²) in [7, 11) is 0. The molecule has 142 valence electrons. The summed E-state index contributed by atoms with van der Waals surface area (Å²) in [5.41, 5.74) is 3.36. The lowest BCUT2D eigenvalue weighted by molar-refractivity contribution is -0.114. The van der Waals surface area contributed by atoms with Crippen LogP contribution in [0.25, 0.3) is 17.0 Å². The summed E-state index contributed by atoms with van der Waals surface area (Å²) < 4.78 is 2.21. The molecule has 5 rings (SSSR count). The number of allylic oxidation sites excluding steroid dienone is 1. The Bertz CT molecular complexity index is 1240. The molecule has 1 atom stereocenters. The number of aromatic nitrogens is 2. The average Bonchev–Trinajstić information content (AvgIpc) is 3.43. The zero-order valence-electron chi connectivity index (χ0n) is 15.4. The fourth-order valence-electron chi connectivity index (χ4n) is 3.63. The van der Waals surface area contributed by atoms with Gasteiger partial charge in [-0.05, 0) is 17.7 Å². The Morgan fingerprint density at radius 1 is 1.10 bits per heavy atom. The molecule has 0 bridgehead atoms. The van der Waals surface area contributed by atoms with Crippen molar-refractivity contribution >= 4 is 50.9 Å². The van der Waals surface area contributed by atoms with E-state index in [1.807, 2.05) is 41.8 Å². The summed E-state index contributed by atoms with van der Waals surface area (Å²) in [6.07, 6.45) is 5.71. The summed E-state index contributed by atoms with van der Waals surface area (Å²) in [5.74, 6) is -0.584. The number of rotatable bonds is 4. The fourth-order valence-corrected chi connectivity index (χ4v) is 5.43. The molecule has 1 fully saturated rings. The van der Waals surface area contributed by atoms with E-state index in [4.69, 9.17) is 5.41 Å². The first-order chi connectivity index (χ1) is 14.2. The number of thioether (sulfide) groups is 1. The first-order valence-electron chi connectivity index (χ1n) is 9.24. The normalized spacial score (nSPS) is 18.2. The molecule has 0 amide bonds. The minimum absolute atomic E-state index is 0.0326. The highest BCUT2D eigenvalue weighted by molar-refractivity contribution is 8.19. The van der Waals surface area contributed by atoms with Gasteiger partial charge in [0.1, 0.15) is 10.9 Å². The van der Waals surface area contributed by atoms with Gasteiger partial charge in [0.05, 0.1) is 9.95 Å². The summed E-state index contributed by atoms with van der Waals surface area (Å²) in [6, 6.07) is 18.6. The van der Waals surface area contributed by atoms with E-state index in [0.29, 0.717) is 15.0 Å². The van der Waals surface area contributed by atoms with Gasteiger partial charge in [0.2, 0.25) is 0 Å². The smallest absolute Gasteiger partial charge is 0.186 e. The first-order valence-corrected chi connectivity index (χ1v) is 10.9. The van der Waals surface area contributed by atoms with Crippen LogP contribution >= 0.6 is 23.1 Å². The van der Waals surface area contributed by atoms with Crippen molar-refractivity contribution in [3.63, 3.8) is 0 Å². The Labute approximate surface area is 176 Å². The fraction of sp³-hybridized carbons (Fsp3) is 0.0870. The van der Waals surface area contributed by atoms with Crippen LogP contribution in [-0.2, 0) is 11.3 Å². The number of ketones is 1. The number of nitrogens with zero attached hydrogens (tertiary/aromatic N) is 2. The molecule has 0 saturated carbocycles. The van der Waals surface area contributed by atoms with Crippen LogP contribution in [0.4, 0.5) is 0 Å². The van der Waals surface area contributed by atoms with Crippen LogP contribution in [0.1, 0.15) is 22.1 Å². The molecule has 2 aromatic carbocycles. The quantitative estimate of drug-likeness (QED) is 0.444. The van der Waals surface area contributed by atoms with Crippen molar-refractivity contribution in [2.45, 2.75) is 12.5 Å². The Kier molecular flexibility index (Phi) is 4.66. The first kappa shape index (κ1) is 18.1. The number of para-hydroxylation sites is 1. The summed E-state index contributed by atoms with van der Waals surface area (Å²) >= 11 is 2.68. The topological polar surface area (TPSA) is 58.7 Å². The number of benzene rings is 2. The van der Waals surface area contributed by atoms with Gasteiger partial charge in [0.25, 0.3) is 0 Å². The van der Waals surface area contributed by atoms with Crippen LogP contribution in [0, 0.1) is 5.41 Å². The number of nitrogens with one attached hydrogen (secondary N) is 1. The van der Waals surface area contributed by atoms with Gasteiger partial charge in [0, 0.05) is 40.8 Å². The SMILES string of the molecule is N=C1SC(=Cc2cn(Cc3ccccc3)c3ccccc23)C(=O)C1c1nccs1. The van der Waals surface area contributed by atoms with E-state index in [1.165, 1.54) is 28.7 Å². The van der Waals surface area contributed by atoms with Crippen molar-refractivity contribution in [2.24, 2.45) is 0 Å². The maximum atomic E-state index is 13.0. The molecule has 1 aliphatic rings. The lowest BCUT2D eigenvalue weighted by Crippen LogP contribution is -2.11. The van der Waals surface area contributed by atoms with E-state index < -0.39 is 5.92 Å². The van der Waals surface area contributed by atoms with Crippen molar-refractivity contribution < 1.29 is 4.79 Å². The molecule has 4 nitrogen and oxygen atoms in total. The zero-order chi connectivity index (χ0) is 19.8. The molecule has 29 heavy (non-hydrogen) atoms. The predicted molar refractivity (Wildman–Crippen MR) is 121 cm³/mol. The molecule has 0 spiro atoms. The molecule has 2 aromatic heterocycles. The standard InChI is InChI=1S/C23H17N3OS2/c24-22-20(23-25-10-11-28-23)21(27)19(29-22)12-16-14-26(13-15-6-2-1-3-7-15)18-9-5-4-8-17(16)18/h1-12,14,20,24H,13H2. The minimum Gasteiger partial charge on any atom is -0.342 e. The summed E-state index contributed by atoms with van der Waals surface area (Å²) in [6.45, 7) is 0.767. The molecule has 1 saturated heterocycles. The number of hydrogen-bond donors (Lipinski definition) is 1. The minimum atomic E-state index is -0.552. The third-order valence-electron chi connectivity index (χ3n) is 4.99. The van der Waals surface area contributed by atoms with E-state index >= 15 is 0 Å². The van der Waals surface area contributed by atoms with E-state index in [9.17, 15) is 4.79 Å². The van der Waals surface area contributed by atoms with E-state index in [-0.39, 0.29) is 5.78 Å². The van der Waals surface area contributed by atoms with Crippen molar-refractivity contribution in [1.82, 2.24) is 9.55 Å². The lowest BCUT2D eigenvalue weighted by atomic mass is 10.0. The van der Waals surface area contributed by atoms with Gasteiger partial charge in [-0.25, -0.2) is 4.98 Å². The highest BCUT2D eigenvalue weighted by Crippen LogP contribution is 2.41. The number of carbonyl (C=O) groups excluding carboxylic acids is 1. The van der Waals surface area contributed by atoms with E-state index in [2.05, 4.69) is 40.0 Å². The average molecular weight is 416 g/mol. The Balaban J connectivity index is 1.54. The summed E-state index contributed by atoms with van der Waals surface area (Å²) in [4.78, 5) is 17.8. The van der Waals surface area contributed by atoms with Gasteiger partial charge in [-0.2, -0.15) is 0 Å². The molecular weight excluding hydrogens is 398 g/mol. The Morgan fingerprint density at radius 3 is 2.69 bits per heavy atom. The van der Waals surface area contributed by atoms with Gasteiger partial charge >= 0.3 is 0 Å². The van der Waals surface area contributed by atoms with Crippen LogP contribution < -0.4 is 0 Å². The van der Waals surface area contributed by atoms with Crippen molar-refractivity contribution in [2.75, 3.05) is 0 Å². The van der Waals surface area contributed by atoms with Gasteiger partial charge in [-0.1, -0.05) is 60.3 Å². The number of carbonyl (C=O) groups is 1. The van der Waals surface area contributed by atoms with Crippen LogP contribution in [0.2, 0.25) is 0 Å². The molecular formula is C23H17N3OS2. The van der Waals surface area contributed by atoms with Crippen molar-refractivity contribution in [3.8, 4) is 0 Å². The van der Waals surface area contributed by atoms with Gasteiger partial charge < -0.3 is 4.57 Å². The maximum Gasteiger partial charge on any atom is 0.186 e. The Morgan fingerprint density at radius 2 is 1.90 bits per heavy atom. The monoisotopic (exact) mass is 415 g/mol. The second-order valence-corrected chi connectivity index (χ2v) is 8.87. The number of thiazole rings is 1. The Hall–Kier alpha value is -2.96. The van der Waals surface area contributed by atoms with Crippen molar-refractivity contribution in [3.05, 3.63) is 93.4 Å². The molecule has 1 aliphatic heterocycles. The highest BCUT2D eigenvalue weighted by atomic mass is 32.2. The zero-order valence-corrected chi connectivity index (χ0v) is 17.0. The van der Waals surface area contributed by atoms with Gasteiger partial charge in [-0.15, -0.1) is 11.3 Å². The summed E-state index contributed by atoms with van der Waals surface area (Å²) in [5, 5.41) is 12.3. The molecule has 1 unspecified atom stereocenters. The third kappa shape index (κ3) is 3.34. The number of fused-ring (bicyclic) bond motifs is 1.